The van der Waals surface area contributed by atoms with Gasteiger partial charge in [-0.15, -0.1) is 24.0 Å². The fraction of sp³-hybridized carbons (Fsp3) is 0.538. The van der Waals surface area contributed by atoms with Gasteiger partial charge in [-0.05, 0) is 25.0 Å². The molecule has 1 aromatic heterocycles. The van der Waals surface area contributed by atoms with Crippen LogP contribution in [-0.4, -0.2) is 44.3 Å². The van der Waals surface area contributed by atoms with Crippen LogP contribution in [0.15, 0.2) is 29.5 Å². The summed E-state index contributed by atoms with van der Waals surface area (Å²) in [5.41, 5.74) is 1.21. The summed E-state index contributed by atoms with van der Waals surface area (Å²) in [6.07, 6.45) is 4.59. The van der Waals surface area contributed by atoms with Gasteiger partial charge in [0.25, 0.3) is 0 Å². The molecule has 1 unspecified atom stereocenters. The van der Waals surface area contributed by atoms with Crippen molar-refractivity contribution < 1.29 is 4.74 Å². The van der Waals surface area contributed by atoms with Crippen LogP contribution in [0.1, 0.15) is 12.5 Å². The second kappa shape index (κ2) is 11.0. The maximum Gasteiger partial charge on any atom is 0.191 e. The summed E-state index contributed by atoms with van der Waals surface area (Å²) in [7, 11) is 3.45. The molecular weight excluding hydrogens is 355 g/mol. The highest BCUT2D eigenvalue weighted by molar-refractivity contribution is 14.0. The van der Waals surface area contributed by atoms with Crippen LogP contribution >= 0.6 is 24.0 Å². The summed E-state index contributed by atoms with van der Waals surface area (Å²) >= 11 is 0. The molecule has 6 heteroatoms. The maximum absolute atomic E-state index is 5.07. The number of nitrogens with one attached hydrogen (secondary N) is 2. The molecule has 1 atom stereocenters. The summed E-state index contributed by atoms with van der Waals surface area (Å²) in [5.74, 6) is 0.795. The van der Waals surface area contributed by atoms with Crippen molar-refractivity contribution in [2.75, 3.05) is 27.3 Å². The number of rotatable bonds is 6. The molecular formula is C13H23IN4O. The first kappa shape index (κ1) is 18.1. The van der Waals surface area contributed by atoms with Crippen LogP contribution in [0.2, 0.25) is 0 Å². The van der Waals surface area contributed by atoms with E-state index in [1.54, 1.807) is 20.4 Å². The first-order chi connectivity index (χ1) is 8.76. The van der Waals surface area contributed by atoms with Gasteiger partial charge in [-0.2, -0.15) is 0 Å². The van der Waals surface area contributed by atoms with E-state index < -0.39 is 0 Å². The second-order valence-electron chi connectivity index (χ2n) is 4.11. The third-order valence-corrected chi connectivity index (χ3v) is 2.45. The summed E-state index contributed by atoms with van der Waals surface area (Å²) in [5, 5.41) is 6.51. The minimum Gasteiger partial charge on any atom is -0.383 e. The van der Waals surface area contributed by atoms with E-state index in [0.717, 1.165) is 18.9 Å². The lowest BCUT2D eigenvalue weighted by atomic mass is 10.2. The monoisotopic (exact) mass is 378 g/mol. The van der Waals surface area contributed by atoms with Gasteiger partial charge in [-0.3, -0.25) is 9.98 Å². The van der Waals surface area contributed by atoms with Crippen molar-refractivity contribution in [2.45, 2.75) is 19.4 Å². The number of methoxy groups -OCH3 is 1. The van der Waals surface area contributed by atoms with Crippen molar-refractivity contribution in [3.8, 4) is 0 Å². The largest absolute Gasteiger partial charge is 0.383 e. The van der Waals surface area contributed by atoms with Crippen LogP contribution in [0.3, 0.4) is 0 Å². The van der Waals surface area contributed by atoms with Gasteiger partial charge in [-0.1, -0.05) is 6.07 Å². The Morgan fingerprint density at radius 3 is 2.89 bits per heavy atom. The van der Waals surface area contributed by atoms with Gasteiger partial charge in [0.1, 0.15) is 0 Å². The van der Waals surface area contributed by atoms with Crippen molar-refractivity contribution in [1.82, 2.24) is 15.6 Å². The zero-order valence-corrected chi connectivity index (χ0v) is 14.0. The summed E-state index contributed by atoms with van der Waals surface area (Å²) in [6, 6.07) is 4.25. The van der Waals surface area contributed by atoms with Crippen molar-refractivity contribution in [3.63, 3.8) is 0 Å². The van der Waals surface area contributed by atoms with E-state index in [4.69, 9.17) is 4.74 Å². The number of ether oxygens (including phenoxy) is 1. The molecule has 1 rings (SSSR count). The summed E-state index contributed by atoms with van der Waals surface area (Å²) in [4.78, 5) is 8.25. The first-order valence-electron chi connectivity index (χ1n) is 6.11. The zero-order chi connectivity index (χ0) is 13.2. The normalized spacial score (nSPS) is 12.5. The molecule has 19 heavy (non-hydrogen) atoms. The van der Waals surface area contributed by atoms with Gasteiger partial charge in [0.2, 0.25) is 0 Å². The molecule has 0 spiro atoms. The molecule has 1 heterocycles. The van der Waals surface area contributed by atoms with Gasteiger partial charge >= 0.3 is 0 Å². The molecule has 0 radical (unpaired) electrons. The van der Waals surface area contributed by atoms with Crippen molar-refractivity contribution in [2.24, 2.45) is 4.99 Å². The number of hydrogen-bond acceptors (Lipinski definition) is 3. The van der Waals surface area contributed by atoms with E-state index >= 15 is 0 Å². The molecule has 5 nitrogen and oxygen atoms in total. The van der Waals surface area contributed by atoms with E-state index in [-0.39, 0.29) is 30.0 Å². The predicted octanol–water partition coefficient (Wildman–Crippen LogP) is 1.44. The smallest absolute Gasteiger partial charge is 0.191 e. The fourth-order valence-electron chi connectivity index (χ4n) is 1.59. The quantitative estimate of drug-likeness (QED) is 0.447. The van der Waals surface area contributed by atoms with Crippen LogP contribution in [0, 0.1) is 0 Å². The molecule has 0 saturated heterocycles. The number of nitrogens with zero attached hydrogens (tertiary/aromatic N) is 2. The maximum atomic E-state index is 5.07. The third kappa shape index (κ3) is 7.99. The van der Waals surface area contributed by atoms with Gasteiger partial charge < -0.3 is 15.4 Å². The van der Waals surface area contributed by atoms with Crippen LogP contribution < -0.4 is 10.6 Å². The highest BCUT2D eigenvalue weighted by Crippen LogP contribution is 1.95. The Hall–Kier alpha value is -0.890. The van der Waals surface area contributed by atoms with Crippen LogP contribution in [0.4, 0.5) is 0 Å². The molecule has 1 aromatic rings. The Labute approximate surface area is 132 Å². The molecule has 108 valence electrons. The van der Waals surface area contributed by atoms with Crippen molar-refractivity contribution >= 4 is 29.9 Å². The second-order valence-corrected chi connectivity index (χ2v) is 4.11. The fourth-order valence-corrected chi connectivity index (χ4v) is 1.59. The number of pyridine rings is 1. The number of aliphatic imine (C=N–C) groups is 1. The highest BCUT2D eigenvalue weighted by Gasteiger charge is 2.03. The van der Waals surface area contributed by atoms with Gasteiger partial charge in [0.05, 0.1) is 6.61 Å². The summed E-state index contributed by atoms with van der Waals surface area (Å²) in [6.45, 7) is 3.53. The Kier molecular flexibility index (Phi) is 10.5. The molecule has 0 amide bonds. The van der Waals surface area contributed by atoms with Crippen molar-refractivity contribution in [1.29, 1.82) is 0 Å². The average Bonchev–Trinajstić information content (AvgIpc) is 2.39. The molecule has 0 aliphatic carbocycles. The molecule has 0 saturated carbocycles. The van der Waals surface area contributed by atoms with Crippen LogP contribution in [0.5, 0.6) is 0 Å². The third-order valence-electron chi connectivity index (χ3n) is 2.45. The highest BCUT2D eigenvalue weighted by atomic mass is 127. The summed E-state index contributed by atoms with van der Waals surface area (Å²) < 4.78 is 5.07. The Bertz CT molecular complexity index is 359. The molecule has 0 aliphatic heterocycles. The van der Waals surface area contributed by atoms with E-state index in [2.05, 4.69) is 33.6 Å². The topological polar surface area (TPSA) is 58.5 Å². The zero-order valence-electron chi connectivity index (χ0n) is 11.7. The molecule has 0 aliphatic rings. The molecule has 0 fully saturated rings. The first-order valence-corrected chi connectivity index (χ1v) is 6.11. The Balaban J connectivity index is 0.00000324. The number of halogens is 1. The van der Waals surface area contributed by atoms with E-state index in [0.29, 0.717) is 6.61 Å². The standard InChI is InChI=1S/C13H22N4O.HI/c1-11(10-18-3)17-13(14-2)16-8-6-12-5-4-7-15-9-12;/h4-5,7,9,11H,6,8,10H2,1-3H3,(H2,14,16,17);1H. The van der Waals surface area contributed by atoms with E-state index in [1.807, 2.05) is 12.3 Å². The van der Waals surface area contributed by atoms with Gasteiger partial charge in [0.15, 0.2) is 5.96 Å². The van der Waals surface area contributed by atoms with Gasteiger partial charge in [0, 0.05) is 39.1 Å². The minimum atomic E-state index is 0. The van der Waals surface area contributed by atoms with Crippen molar-refractivity contribution in [3.05, 3.63) is 30.1 Å². The lowest BCUT2D eigenvalue weighted by Gasteiger charge is -2.17. The van der Waals surface area contributed by atoms with Gasteiger partial charge in [-0.25, -0.2) is 0 Å². The Morgan fingerprint density at radius 2 is 2.32 bits per heavy atom. The SMILES string of the molecule is CN=C(NCCc1cccnc1)NC(C)COC.I. The average molecular weight is 378 g/mol. The van der Waals surface area contributed by atoms with Crippen LogP contribution in [0.25, 0.3) is 0 Å². The van der Waals surface area contributed by atoms with Crippen LogP contribution in [-0.2, 0) is 11.2 Å². The Morgan fingerprint density at radius 1 is 1.53 bits per heavy atom. The van der Waals surface area contributed by atoms with E-state index in [1.165, 1.54) is 5.56 Å². The molecule has 0 aromatic carbocycles. The predicted molar refractivity (Wildman–Crippen MR) is 89.2 cm³/mol. The number of aromatic nitrogens is 1. The lowest BCUT2D eigenvalue weighted by Crippen LogP contribution is -2.44. The lowest BCUT2D eigenvalue weighted by molar-refractivity contribution is 0.179. The number of hydrogen-bond donors (Lipinski definition) is 2. The molecule has 0 bridgehead atoms. The van der Waals surface area contributed by atoms with E-state index in [9.17, 15) is 0 Å². The molecule has 2 N–H and O–H groups in total. The number of guanidine groups is 1. The minimum absolute atomic E-state index is 0.